The number of rotatable bonds is 5. The lowest BCUT2D eigenvalue weighted by molar-refractivity contribution is 0.878. The molecule has 21 heavy (non-hydrogen) atoms. The summed E-state index contributed by atoms with van der Waals surface area (Å²) in [5.74, 6) is 0. The molecule has 0 spiro atoms. The Balaban J connectivity index is 1.79. The minimum absolute atomic E-state index is 0.265. The number of hydrogen-bond acceptors (Lipinski definition) is 2. The Bertz CT molecular complexity index is 713. The summed E-state index contributed by atoms with van der Waals surface area (Å²) < 4.78 is 0. The molecule has 0 fully saturated rings. The van der Waals surface area contributed by atoms with Gasteiger partial charge in [0.25, 0.3) is 0 Å². The zero-order valence-corrected chi connectivity index (χ0v) is 12.6. The van der Waals surface area contributed by atoms with Crippen LogP contribution in [0.1, 0.15) is 37.4 Å². The zero-order chi connectivity index (χ0) is 14.7. The molecule has 0 saturated heterocycles. The first-order valence-corrected chi connectivity index (χ1v) is 7.55. The summed E-state index contributed by atoms with van der Waals surface area (Å²) in [5.41, 5.74) is 4.89. The quantitative estimate of drug-likeness (QED) is 0.711. The Morgan fingerprint density at radius 1 is 1.14 bits per heavy atom. The maximum Gasteiger partial charge on any atom is 0.0671 e. The van der Waals surface area contributed by atoms with Gasteiger partial charge in [0.15, 0.2) is 0 Å². The van der Waals surface area contributed by atoms with Crippen LogP contribution >= 0.6 is 0 Å². The first-order valence-electron chi connectivity index (χ1n) is 7.55. The summed E-state index contributed by atoms with van der Waals surface area (Å²) in [4.78, 5) is 0. The summed E-state index contributed by atoms with van der Waals surface area (Å²) in [5, 5.41) is 11.8. The average Bonchev–Trinajstić information content (AvgIpc) is 2.98. The van der Waals surface area contributed by atoms with Gasteiger partial charge in [-0.15, -0.1) is 0 Å². The van der Waals surface area contributed by atoms with E-state index in [4.69, 9.17) is 0 Å². The number of aryl methyl sites for hydroxylation is 1. The van der Waals surface area contributed by atoms with E-state index in [-0.39, 0.29) is 6.04 Å². The van der Waals surface area contributed by atoms with Crippen molar-refractivity contribution in [3.8, 4) is 0 Å². The SMILES string of the molecule is CCCc1ccc(C(C)Nc2cccc3[nH]ncc23)cc1. The summed E-state index contributed by atoms with van der Waals surface area (Å²) in [6.07, 6.45) is 4.21. The molecule has 108 valence electrons. The fourth-order valence-electron chi connectivity index (χ4n) is 2.67. The van der Waals surface area contributed by atoms with Crippen molar-refractivity contribution in [3.05, 3.63) is 59.8 Å². The van der Waals surface area contributed by atoms with Gasteiger partial charge in [0.1, 0.15) is 0 Å². The predicted octanol–water partition coefficient (Wildman–Crippen LogP) is 4.69. The number of aromatic nitrogens is 2. The molecular weight excluding hydrogens is 258 g/mol. The van der Waals surface area contributed by atoms with E-state index >= 15 is 0 Å². The summed E-state index contributed by atoms with van der Waals surface area (Å²) in [6.45, 7) is 4.40. The van der Waals surface area contributed by atoms with Gasteiger partial charge in [-0.2, -0.15) is 5.10 Å². The molecule has 3 heteroatoms. The molecule has 0 aliphatic rings. The molecule has 0 radical (unpaired) electrons. The molecule has 2 aromatic carbocycles. The Labute approximate surface area is 125 Å². The molecule has 0 bridgehead atoms. The van der Waals surface area contributed by atoms with Crippen LogP contribution in [0.15, 0.2) is 48.7 Å². The molecule has 1 atom stereocenters. The highest BCUT2D eigenvalue weighted by Gasteiger charge is 2.08. The van der Waals surface area contributed by atoms with Crippen LogP contribution in [-0.2, 0) is 6.42 Å². The molecule has 3 nitrogen and oxygen atoms in total. The van der Waals surface area contributed by atoms with Gasteiger partial charge in [-0.1, -0.05) is 43.7 Å². The van der Waals surface area contributed by atoms with E-state index in [0.29, 0.717) is 0 Å². The number of benzene rings is 2. The molecule has 0 aliphatic carbocycles. The van der Waals surface area contributed by atoms with Crippen molar-refractivity contribution in [2.75, 3.05) is 5.32 Å². The van der Waals surface area contributed by atoms with Gasteiger partial charge in [-0.05, 0) is 36.6 Å². The van der Waals surface area contributed by atoms with E-state index in [9.17, 15) is 0 Å². The van der Waals surface area contributed by atoms with Crippen molar-refractivity contribution >= 4 is 16.6 Å². The molecule has 1 heterocycles. The second kappa shape index (κ2) is 6.00. The molecule has 1 aromatic heterocycles. The molecule has 3 aromatic rings. The van der Waals surface area contributed by atoms with Crippen molar-refractivity contribution < 1.29 is 0 Å². The highest BCUT2D eigenvalue weighted by atomic mass is 15.1. The maximum atomic E-state index is 4.11. The third-order valence-corrected chi connectivity index (χ3v) is 3.88. The number of nitrogens with one attached hydrogen (secondary N) is 2. The molecule has 0 aliphatic heterocycles. The monoisotopic (exact) mass is 279 g/mol. The second-order valence-corrected chi connectivity index (χ2v) is 5.49. The van der Waals surface area contributed by atoms with E-state index in [1.807, 2.05) is 18.3 Å². The lowest BCUT2D eigenvalue weighted by Gasteiger charge is -2.16. The van der Waals surface area contributed by atoms with Crippen LogP contribution in [0, 0.1) is 0 Å². The minimum atomic E-state index is 0.265. The summed E-state index contributed by atoms with van der Waals surface area (Å²) >= 11 is 0. The summed E-state index contributed by atoms with van der Waals surface area (Å²) in [7, 11) is 0. The number of hydrogen-bond donors (Lipinski definition) is 2. The Morgan fingerprint density at radius 3 is 2.71 bits per heavy atom. The van der Waals surface area contributed by atoms with E-state index in [1.165, 1.54) is 17.5 Å². The molecule has 0 amide bonds. The number of aromatic amines is 1. The Hall–Kier alpha value is -2.29. The van der Waals surface area contributed by atoms with Crippen molar-refractivity contribution in [3.63, 3.8) is 0 Å². The van der Waals surface area contributed by atoms with Crippen LogP contribution in [0.3, 0.4) is 0 Å². The number of fused-ring (bicyclic) bond motifs is 1. The molecule has 2 N–H and O–H groups in total. The first-order chi connectivity index (χ1) is 10.3. The minimum Gasteiger partial charge on any atom is -0.378 e. The van der Waals surface area contributed by atoms with Crippen molar-refractivity contribution in [1.82, 2.24) is 10.2 Å². The van der Waals surface area contributed by atoms with Crippen LogP contribution in [0.2, 0.25) is 0 Å². The van der Waals surface area contributed by atoms with E-state index in [1.54, 1.807) is 0 Å². The molecule has 0 saturated carbocycles. The maximum absolute atomic E-state index is 4.11. The fourth-order valence-corrected chi connectivity index (χ4v) is 2.67. The fraction of sp³-hybridized carbons (Fsp3) is 0.278. The summed E-state index contributed by atoms with van der Waals surface area (Å²) in [6, 6.07) is 15.3. The largest absolute Gasteiger partial charge is 0.378 e. The van der Waals surface area contributed by atoms with Crippen LogP contribution in [0.4, 0.5) is 5.69 Å². The highest BCUT2D eigenvalue weighted by Crippen LogP contribution is 2.26. The first kappa shape index (κ1) is 13.7. The van der Waals surface area contributed by atoms with Crippen molar-refractivity contribution in [2.24, 2.45) is 0 Å². The topological polar surface area (TPSA) is 40.7 Å². The van der Waals surface area contributed by atoms with Gasteiger partial charge in [-0.25, -0.2) is 0 Å². The second-order valence-electron chi connectivity index (χ2n) is 5.49. The standard InChI is InChI=1S/C18H21N3/c1-3-5-14-8-10-15(11-9-14)13(2)20-17-6-4-7-18-16(17)12-19-21-18/h4,6-13,20H,3,5H2,1-2H3,(H,19,21). The number of H-pyrrole nitrogens is 1. The normalized spacial score (nSPS) is 12.5. The van der Waals surface area contributed by atoms with E-state index < -0.39 is 0 Å². The zero-order valence-electron chi connectivity index (χ0n) is 12.6. The Kier molecular flexibility index (Phi) is 3.91. The van der Waals surface area contributed by atoms with Crippen molar-refractivity contribution in [1.29, 1.82) is 0 Å². The van der Waals surface area contributed by atoms with Gasteiger partial charge < -0.3 is 5.32 Å². The van der Waals surface area contributed by atoms with Crippen LogP contribution in [0.25, 0.3) is 10.9 Å². The molecule has 3 rings (SSSR count). The highest BCUT2D eigenvalue weighted by molar-refractivity contribution is 5.90. The van der Waals surface area contributed by atoms with Gasteiger partial charge in [0, 0.05) is 17.1 Å². The number of anilines is 1. The van der Waals surface area contributed by atoms with Crippen LogP contribution < -0.4 is 5.32 Å². The third kappa shape index (κ3) is 2.92. The molecule has 1 unspecified atom stereocenters. The smallest absolute Gasteiger partial charge is 0.0671 e. The van der Waals surface area contributed by atoms with E-state index in [0.717, 1.165) is 23.0 Å². The lowest BCUT2D eigenvalue weighted by atomic mass is 10.0. The van der Waals surface area contributed by atoms with Gasteiger partial charge >= 0.3 is 0 Å². The molecular formula is C18H21N3. The lowest BCUT2D eigenvalue weighted by Crippen LogP contribution is -2.06. The van der Waals surface area contributed by atoms with Gasteiger partial charge in [0.2, 0.25) is 0 Å². The van der Waals surface area contributed by atoms with Gasteiger partial charge in [0.05, 0.1) is 11.7 Å². The van der Waals surface area contributed by atoms with Crippen molar-refractivity contribution in [2.45, 2.75) is 32.7 Å². The third-order valence-electron chi connectivity index (χ3n) is 3.88. The number of nitrogens with zero attached hydrogens (tertiary/aromatic N) is 1. The van der Waals surface area contributed by atoms with E-state index in [2.05, 4.69) is 59.7 Å². The predicted molar refractivity (Wildman–Crippen MR) is 88.6 cm³/mol. The average molecular weight is 279 g/mol. The van der Waals surface area contributed by atoms with Crippen LogP contribution in [0.5, 0.6) is 0 Å². The Morgan fingerprint density at radius 2 is 1.95 bits per heavy atom. The van der Waals surface area contributed by atoms with Crippen LogP contribution in [-0.4, -0.2) is 10.2 Å². The van der Waals surface area contributed by atoms with Gasteiger partial charge in [-0.3, -0.25) is 5.10 Å².